The topological polar surface area (TPSA) is 50.2 Å². The van der Waals surface area contributed by atoms with E-state index >= 15 is 0 Å². The molecule has 2 heterocycles. The Morgan fingerprint density at radius 3 is 2.68 bits per heavy atom. The van der Waals surface area contributed by atoms with Crippen molar-refractivity contribution in [1.82, 2.24) is 20.0 Å². The van der Waals surface area contributed by atoms with E-state index < -0.39 is 0 Å². The average molecular weight is 329 g/mol. The fraction of sp³-hybridized carbons (Fsp3) is 0.692. The summed E-state index contributed by atoms with van der Waals surface area (Å²) in [5.74, 6) is 0.0459. The zero-order chi connectivity index (χ0) is 14.0. The minimum absolute atomic E-state index is 0.0459. The molecule has 0 radical (unpaired) electrons. The fourth-order valence-electron chi connectivity index (χ4n) is 2.25. The van der Waals surface area contributed by atoms with Gasteiger partial charge in [-0.05, 0) is 62.8 Å². The highest BCUT2D eigenvalue weighted by Crippen LogP contribution is 2.17. The van der Waals surface area contributed by atoms with E-state index in [9.17, 15) is 4.79 Å². The summed E-state index contributed by atoms with van der Waals surface area (Å²) < 4.78 is 2.65. The number of aromatic nitrogens is 2. The Kier molecular flexibility index (Phi) is 4.62. The van der Waals surface area contributed by atoms with Gasteiger partial charge in [0, 0.05) is 12.2 Å². The number of halogens is 1. The van der Waals surface area contributed by atoms with Gasteiger partial charge < -0.3 is 10.2 Å². The standard InChI is InChI=1S/C13H21BrN4O/c1-9-12(14)8-18(16-9)10(2)13(19)15-11-4-6-17(3)7-5-11/h8,10-11H,4-7H2,1-3H3,(H,15,19)/t10-/m1/s1. The Morgan fingerprint density at radius 1 is 1.53 bits per heavy atom. The van der Waals surface area contributed by atoms with Gasteiger partial charge in [-0.2, -0.15) is 5.10 Å². The van der Waals surface area contributed by atoms with Gasteiger partial charge in [-0.15, -0.1) is 0 Å². The van der Waals surface area contributed by atoms with Gasteiger partial charge in [0.2, 0.25) is 5.91 Å². The van der Waals surface area contributed by atoms with Crippen LogP contribution in [0.5, 0.6) is 0 Å². The zero-order valence-electron chi connectivity index (χ0n) is 11.7. The van der Waals surface area contributed by atoms with Crippen LogP contribution in [0.4, 0.5) is 0 Å². The Labute approximate surface area is 122 Å². The summed E-state index contributed by atoms with van der Waals surface area (Å²) in [5, 5.41) is 7.46. The molecule has 0 spiro atoms. The molecule has 1 saturated heterocycles. The van der Waals surface area contributed by atoms with Crippen LogP contribution in [-0.2, 0) is 4.79 Å². The number of nitrogens with one attached hydrogen (secondary N) is 1. The molecule has 1 fully saturated rings. The first kappa shape index (κ1) is 14.5. The minimum Gasteiger partial charge on any atom is -0.351 e. The minimum atomic E-state index is -0.273. The molecule has 0 bridgehead atoms. The third kappa shape index (κ3) is 3.57. The summed E-state index contributed by atoms with van der Waals surface area (Å²) in [5.41, 5.74) is 0.902. The van der Waals surface area contributed by atoms with E-state index in [1.807, 2.05) is 20.0 Å². The van der Waals surface area contributed by atoms with Crippen molar-refractivity contribution < 1.29 is 4.79 Å². The van der Waals surface area contributed by atoms with E-state index in [0.717, 1.165) is 36.1 Å². The van der Waals surface area contributed by atoms with Crippen LogP contribution in [0.3, 0.4) is 0 Å². The quantitative estimate of drug-likeness (QED) is 0.919. The number of carbonyl (C=O) groups excluding carboxylic acids is 1. The van der Waals surface area contributed by atoms with Gasteiger partial charge in [0.25, 0.3) is 0 Å². The molecule has 2 rings (SSSR count). The van der Waals surface area contributed by atoms with Crippen LogP contribution < -0.4 is 5.32 Å². The Bertz CT molecular complexity index is 432. The van der Waals surface area contributed by atoms with E-state index in [1.54, 1.807) is 4.68 Å². The summed E-state index contributed by atoms with van der Waals surface area (Å²) in [6, 6.07) is 0.0240. The van der Waals surface area contributed by atoms with E-state index in [2.05, 4.69) is 38.3 Å². The smallest absolute Gasteiger partial charge is 0.244 e. The van der Waals surface area contributed by atoms with Crippen LogP contribution in [0.2, 0.25) is 0 Å². The Morgan fingerprint density at radius 2 is 2.16 bits per heavy atom. The maximum atomic E-state index is 12.2. The first-order valence-corrected chi connectivity index (χ1v) is 7.47. The van der Waals surface area contributed by atoms with Crippen molar-refractivity contribution >= 4 is 21.8 Å². The Balaban J connectivity index is 1.92. The van der Waals surface area contributed by atoms with Gasteiger partial charge >= 0.3 is 0 Å². The second-order valence-corrected chi connectivity index (χ2v) is 6.16. The monoisotopic (exact) mass is 328 g/mol. The molecule has 5 nitrogen and oxygen atoms in total. The van der Waals surface area contributed by atoms with Gasteiger partial charge in [-0.1, -0.05) is 0 Å². The van der Waals surface area contributed by atoms with Crippen molar-refractivity contribution in [3.8, 4) is 0 Å². The fourth-order valence-corrected chi connectivity index (χ4v) is 2.54. The molecule has 1 atom stereocenters. The van der Waals surface area contributed by atoms with E-state index in [1.165, 1.54) is 0 Å². The van der Waals surface area contributed by atoms with Crippen LogP contribution >= 0.6 is 15.9 Å². The SMILES string of the molecule is Cc1nn([C@H](C)C(=O)NC2CCN(C)CC2)cc1Br. The molecule has 19 heavy (non-hydrogen) atoms. The largest absolute Gasteiger partial charge is 0.351 e. The van der Waals surface area contributed by atoms with Gasteiger partial charge in [0.05, 0.1) is 10.2 Å². The second-order valence-electron chi connectivity index (χ2n) is 5.30. The lowest BCUT2D eigenvalue weighted by Gasteiger charge is -2.30. The molecule has 0 aliphatic carbocycles. The van der Waals surface area contributed by atoms with Crippen LogP contribution in [0, 0.1) is 6.92 Å². The van der Waals surface area contributed by atoms with Crippen molar-refractivity contribution in [3.05, 3.63) is 16.4 Å². The number of nitrogens with zero attached hydrogens (tertiary/aromatic N) is 3. The third-order valence-electron chi connectivity index (χ3n) is 3.70. The highest BCUT2D eigenvalue weighted by molar-refractivity contribution is 9.10. The van der Waals surface area contributed by atoms with Gasteiger partial charge in [-0.25, -0.2) is 0 Å². The normalized spacial score (nSPS) is 19.4. The highest BCUT2D eigenvalue weighted by atomic mass is 79.9. The van der Waals surface area contributed by atoms with E-state index in [0.29, 0.717) is 6.04 Å². The van der Waals surface area contributed by atoms with Crippen molar-refractivity contribution in [2.75, 3.05) is 20.1 Å². The number of rotatable bonds is 3. The van der Waals surface area contributed by atoms with Crippen LogP contribution in [0.25, 0.3) is 0 Å². The number of aryl methyl sites for hydroxylation is 1. The van der Waals surface area contributed by atoms with Crippen molar-refractivity contribution in [1.29, 1.82) is 0 Å². The summed E-state index contributed by atoms with van der Waals surface area (Å²) in [4.78, 5) is 14.5. The average Bonchev–Trinajstić information content (AvgIpc) is 2.71. The van der Waals surface area contributed by atoms with Crippen LogP contribution in [-0.4, -0.2) is 46.8 Å². The lowest BCUT2D eigenvalue weighted by molar-refractivity contribution is -0.125. The summed E-state index contributed by atoms with van der Waals surface area (Å²) >= 11 is 3.42. The molecule has 0 aromatic carbocycles. The highest BCUT2D eigenvalue weighted by Gasteiger charge is 2.22. The number of likely N-dealkylation sites (tertiary alicyclic amines) is 1. The van der Waals surface area contributed by atoms with E-state index in [4.69, 9.17) is 0 Å². The van der Waals surface area contributed by atoms with Gasteiger partial charge in [0.15, 0.2) is 0 Å². The molecule has 6 heteroatoms. The molecular weight excluding hydrogens is 308 g/mol. The predicted octanol–water partition coefficient (Wildman–Crippen LogP) is 1.73. The van der Waals surface area contributed by atoms with Crippen molar-refractivity contribution in [3.63, 3.8) is 0 Å². The molecule has 0 unspecified atom stereocenters. The maximum Gasteiger partial charge on any atom is 0.244 e. The van der Waals surface area contributed by atoms with E-state index in [-0.39, 0.29) is 11.9 Å². The third-order valence-corrected chi connectivity index (χ3v) is 4.48. The summed E-state index contributed by atoms with van der Waals surface area (Å²) in [6.45, 7) is 5.89. The maximum absolute atomic E-state index is 12.2. The summed E-state index contributed by atoms with van der Waals surface area (Å²) in [6.07, 6.45) is 3.90. The van der Waals surface area contributed by atoms with Crippen molar-refractivity contribution in [2.24, 2.45) is 0 Å². The Hall–Kier alpha value is -0.880. The lowest BCUT2D eigenvalue weighted by Crippen LogP contribution is -2.45. The lowest BCUT2D eigenvalue weighted by atomic mass is 10.1. The summed E-state index contributed by atoms with van der Waals surface area (Å²) in [7, 11) is 2.12. The number of piperidine rings is 1. The van der Waals surface area contributed by atoms with Crippen molar-refractivity contribution in [2.45, 2.75) is 38.8 Å². The molecule has 1 amide bonds. The molecule has 1 aliphatic rings. The molecule has 1 N–H and O–H groups in total. The zero-order valence-corrected chi connectivity index (χ0v) is 13.3. The first-order chi connectivity index (χ1) is 8.97. The molecule has 1 aliphatic heterocycles. The predicted molar refractivity (Wildman–Crippen MR) is 78.0 cm³/mol. The number of amides is 1. The molecule has 1 aromatic rings. The molecule has 1 aromatic heterocycles. The van der Waals surface area contributed by atoms with Gasteiger partial charge in [0.1, 0.15) is 6.04 Å². The number of carbonyl (C=O) groups is 1. The second kappa shape index (κ2) is 6.05. The van der Waals surface area contributed by atoms with Crippen LogP contribution in [0.1, 0.15) is 31.5 Å². The molecule has 0 saturated carbocycles. The molecule has 106 valence electrons. The van der Waals surface area contributed by atoms with Crippen LogP contribution in [0.15, 0.2) is 10.7 Å². The first-order valence-electron chi connectivity index (χ1n) is 6.67. The molecular formula is C13H21BrN4O. The number of hydrogen-bond donors (Lipinski definition) is 1. The van der Waals surface area contributed by atoms with Gasteiger partial charge in [-0.3, -0.25) is 9.48 Å². The number of hydrogen-bond acceptors (Lipinski definition) is 3.